The topological polar surface area (TPSA) is 76.4 Å². The number of benzene rings is 1. The largest absolute Gasteiger partial charge is 0.376 e. The van der Waals surface area contributed by atoms with E-state index in [9.17, 15) is 4.39 Å². The molecule has 8 heteroatoms. The van der Waals surface area contributed by atoms with Crippen LogP contribution in [0.3, 0.4) is 0 Å². The van der Waals surface area contributed by atoms with Crippen LogP contribution in [0.5, 0.6) is 0 Å². The summed E-state index contributed by atoms with van der Waals surface area (Å²) in [6.07, 6.45) is 4.86. The number of ether oxygens (including phenoxy) is 1. The van der Waals surface area contributed by atoms with E-state index in [1.807, 2.05) is 10.6 Å². The molecule has 0 radical (unpaired) electrons. The quantitative estimate of drug-likeness (QED) is 0.536. The number of hydrogen-bond donors (Lipinski definition) is 2. The van der Waals surface area contributed by atoms with Crippen molar-refractivity contribution in [3.8, 4) is 0 Å². The minimum Gasteiger partial charge on any atom is -0.376 e. The van der Waals surface area contributed by atoms with E-state index in [2.05, 4.69) is 39.7 Å². The van der Waals surface area contributed by atoms with E-state index in [1.165, 1.54) is 6.07 Å². The van der Waals surface area contributed by atoms with Crippen LogP contribution < -0.4 is 10.6 Å². The highest BCUT2D eigenvalue weighted by atomic mass is 19.1. The number of aryl methyl sites for hydroxylation is 1. The maximum atomic E-state index is 13.9. The van der Waals surface area contributed by atoms with Gasteiger partial charge in [0, 0.05) is 31.7 Å². The zero-order valence-electron chi connectivity index (χ0n) is 16.6. The highest BCUT2D eigenvalue weighted by molar-refractivity contribution is 5.80. The second-order valence-electron chi connectivity index (χ2n) is 6.96. The number of guanidine groups is 1. The molecule has 1 aromatic carbocycles. The average molecular weight is 388 g/mol. The molecule has 1 fully saturated rings. The first-order valence-electron chi connectivity index (χ1n) is 9.94. The SMILES string of the molecule is CCc1nncn1CCNC(=NCc1ccccc1F)NC(C)C1CCCO1. The summed E-state index contributed by atoms with van der Waals surface area (Å²) < 4.78 is 21.7. The molecular weight excluding hydrogens is 359 g/mol. The van der Waals surface area contributed by atoms with Gasteiger partial charge in [0.25, 0.3) is 0 Å². The molecule has 2 atom stereocenters. The fraction of sp³-hybridized carbons (Fsp3) is 0.550. The molecule has 2 N–H and O–H groups in total. The van der Waals surface area contributed by atoms with E-state index in [0.29, 0.717) is 18.1 Å². The van der Waals surface area contributed by atoms with Gasteiger partial charge in [-0.2, -0.15) is 0 Å². The van der Waals surface area contributed by atoms with Gasteiger partial charge in [-0.25, -0.2) is 9.38 Å². The number of nitrogens with one attached hydrogen (secondary N) is 2. The lowest BCUT2D eigenvalue weighted by molar-refractivity contribution is 0.0890. The standard InChI is InChI=1S/C20H29FN6O/c1-3-19-26-24-14-27(19)11-10-22-20(25-15(2)18-9-6-12-28-18)23-13-16-7-4-5-8-17(16)21/h4-5,7-8,14-15,18H,3,6,9-13H2,1-2H3,(H2,22,23,25). The molecule has 152 valence electrons. The number of aromatic nitrogens is 3. The van der Waals surface area contributed by atoms with Gasteiger partial charge in [-0.3, -0.25) is 0 Å². The van der Waals surface area contributed by atoms with Crippen molar-refractivity contribution in [1.82, 2.24) is 25.4 Å². The summed E-state index contributed by atoms with van der Waals surface area (Å²) >= 11 is 0. The Balaban J connectivity index is 1.62. The van der Waals surface area contributed by atoms with Crippen molar-refractivity contribution in [2.75, 3.05) is 13.2 Å². The van der Waals surface area contributed by atoms with Gasteiger partial charge in [-0.1, -0.05) is 25.1 Å². The Kier molecular flexibility index (Phi) is 7.36. The molecule has 3 rings (SSSR count). The minimum atomic E-state index is -0.241. The molecule has 0 amide bonds. The highest BCUT2D eigenvalue weighted by Crippen LogP contribution is 2.15. The summed E-state index contributed by atoms with van der Waals surface area (Å²) in [7, 11) is 0. The Bertz CT molecular complexity index is 772. The van der Waals surface area contributed by atoms with Gasteiger partial charge in [-0.05, 0) is 25.8 Å². The number of rotatable bonds is 8. The molecule has 2 aromatic rings. The monoisotopic (exact) mass is 388 g/mol. The van der Waals surface area contributed by atoms with Crippen molar-refractivity contribution in [2.24, 2.45) is 4.99 Å². The molecule has 0 spiro atoms. The zero-order chi connectivity index (χ0) is 19.8. The summed E-state index contributed by atoms with van der Waals surface area (Å²) in [4.78, 5) is 4.59. The Hall–Kier alpha value is -2.48. The van der Waals surface area contributed by atoms with Crippen molar-refractivity contribution in [3.05, 3.63) is 47.8 Å². The van der Waals surface area contributed by atoms with Gasteiger partial charge in [0.05, 0.1) is 18.7 Å². The Morgan fingerprint density at radius 3 is 3.04 bits per heavy atom. The predicted octanol–water partition coefficient (Wildman–Crippen LogP) is 2.28. The van der Waals surface area contributed by atoms with Crippen molar-refractivity contribution >= 4 is 5.96 Å². The smallest absolute Gasteiger partial charge is 0.191 e. The molecule has 0 aliphatic carbocycles. The van der Waals surface area contributed by atoms with E-state index < -0.39 is 0 Å². The molecule has 28 heavy (non-hydrogen) atoms. The molecular formula is C20H29FN6O. The Morgan fingerprint density at radius 1 is 1.43 bits per heavy atom. The molecule has 1 aliphatic rings. The lowest BCUT2D eigenvalue weighted by Crippen LogP contribution is -2.47. The minimum absolute atomic E-state index is 0.121. The normalized spacial score (nSPS) is 18.2. The second-order valence-corrected chi connectivity index (χ2v) is 6.96. The van der Waals surface area contributed by atoms with Crippen LogP contribution >= 0.6 is 0 Å². The van der Waals surface area contributed by atoms with Crippen LogP contribution in [-0.2, 0) is 24.2 Å². The fourth-order valence-corrected chi connectivity index (χ4v) is 3.28. The van der Waals surface area contributed by atoms with Crippen LogP contribution in [0.15, 0.2) is 35.6 Å². The van der Waals surface area contributed by atoms with Crippen LogP contribution in [0.25, 0.3) is 0 Å². The lowest BCUT2D eigenvalue weighted by Gasteiger charge is -2.23. The first-order chi connectivity index (χ1) is 13.7. The number of aliphatic imine (C=N–C) groups is 1. The fourth-order valence-electron chi connectivity index (χ4n) is 3.28. The zero-order valence-corrected chi connectivity index (χ0v) is 16.6. The average Bonchev–Trinajstić information content (AvgIpc) is 3.38. The third kappa shape index (κ3) is 5.51. The maximum absolute atomic E-state index is 13.9. The van der Waals surface area contributed by atoms with E-state index in [1.54, 1.807) is 18.5 Å². The second kappa shape index (κ2) is 10.2. The number of nitrogens with zero attached hydrogens (tertiary/aromatic N) is 4. The van der Waals surface area contributed by atoms with Gasteiger partial charge in [0.2, 0.25) is 0 Å². The van der Waals surface area contributed by atoms with Crippen LogP contribution in [0.4, 0.5) is 4.39 Å². The van der Waals surface area contributed by atoms with Crippen molar-refractivity contribution in [2.45, 2.75) is 58.3 Å². The van der Waals surface area contributed by atoms with Gasteiger partial charge in [0.1, 0.15) is 18.0 Å². The van der Waals surface area contributed by atoms with Crippen molar-refractivity contribution in [1.29, 1.82) is 0 Å². The van der Waals surface area contributed by atoms with Gasteiger partial charge >= 0.3 is 0 Å². The lowest BCUT2D eigenvalue weighted by atomic mass is 10.1. The molecule has 7 nitrogen and oxygen atoms in total. The van der Waals surface area contributed by atoms with Crippen LogP contribution in [0.2, 0.25) is 0 Å². The molecule has 2 unspecified atom stereocenters. The molecule has 2 heterocycles. The van der Waals surface area contributed by atoms with Crippen molar-refractivity contribution < 1.29 is 9.13 Å². The van der Waals surface area contributed by atoms with Gasteiger partial charge < -0.3 is 19.9 Å². The molecule has 1 saturated heterocycles. The summed E-state index contributed by atoms with van der Waals surface area (Å²) in [6, 6.07) is 6.84. The Labute approximate surface area is 165 Å². The first-order valence-corrected chi connectivity index (χ1v) is 9.94. The van der Waals surface area contributed by atoms with E-state index in [4.69, 9.17) is 4.74 Å². The summed E-state index contributed by atoms with van der Waals surface area (Å²) in [5.41, 5.74) is 0.570. The van der Waals surface area contributed by atoms with Gasteiger partial charge in [-0.15, -0.1) is 10.2 Å². The van der Waals surface area contributed by atoms with Gasteiger partial charge in [0.15, 0.2) is 5.96 Å². The highest BCUT2D eigenvalue weighted by Gasteiger charge is 2.23. The van der Waals surface area contributed by atoms with Crippen LogP contribution in [0.1, 0.15) is 38.1 Å². The number of hydrogen-bond acceptors (Lipinski definition) is 4. The molecule has 0 saturated carbocycles. The number of halogens is 1. The van der Waals surface area contributed by atoms with Crippen molar-refractivity contribution in [3.63, 3.8) is 0 Å². The molecule has 1 aromatic heterocycles. The summed E-state index contributed by atoms with van der Waals surface area (Å²) in [5, 5.41) is 14.8. The molecule has 1 aliphatic heterocycles. The predicted molar refractivity (Wildman–Crippen MR) is 107 cm³/mol. The van der Waals surface area contributed by atoms with E-state index >= 15 is 0 Å². The Morgan fingerprint density at radius 2 is 2.29 bits per heavy atom. The summed E-state index contributed by atoms with van der Waals surface area (Å²) in [5.74, 6) is 1.36. The molecule has 0 bridgehead atoms. The first kappa shape index (κ1) is 20.3. The van der Waals surface area contributed by atoms with Crippen LogP contribution in [-0.4, -0.2) is 46.0 Å². The maximum Gasteiger partial charge on any atom is 0.191 e. The third-order valence-electron chi connectivity index (χ3n) is 4.91. The summed E-state index contributed by atoms with van der Waals surface area (Å²) in [6.45, 7) is 6.61. The van der Waals surface area contributed by atoms with E-state index in [0.717, 1.165) is 38.2 Å². The van der Waals surface area contributed by atoms with E-state index in [-0.39, 0.29) is 24.5 Å². The van der Waals surface area contributed by atoms with Crippen LogP contribution in [0, 0.1) is 5.82 Å². The third-order valence-corrected chi connectivity index (χ3v) is 4.91.